The van der Waals surface area contributed by atoms with Gasteiger partial charge in [-0.15, -0.1) is 0 Å². The number of alkyl halides is 1. The zero-order valence-electron chi connectivity index (χ0n) is 16.0. The van der Waals surface area contributed by atoms with Crippen LogP contribution in [0.3, 0.4) is 0 Å². The lowest BCUT2D eigenvalue weighted by Crippen LogP contribution is -2.44. The van der Waals surface area contributed by atoms with Crippen LogP contribution in [0.25, 0.3) is 5.65 Å². The van der Waals surface area contributed by atoms with E-state index < -0.39 is 0 Å². The normalized spacial score (nSPS) is 22.6. The van der Waals surface area contributed by atoms with Crippen molar-refractivity contribution in [2.75, 3.05) is 16.5 Å². The summed E-state index contributed by atoms with van der Waals surface area (Å²) in [4.78, 5) is 4.58. The van der Waals surface area contributed by atoms with E-state index in [0.29, 0.717) is 6.04 Å². The zero-order chi connectivity index (χ0) is 19.1. The Morgan fingerprint density at radius 1 is 1.18 bits per heavy atom. The Labute approximate surface area is 178 Å². The highest BCUT2D eigenvalue weighted by Crippen LogP contribution is 2.43. The summed E-state index contributed by atoms with van der Waals surface area (Å²) in [6.07, 6.45) is 8.84. The summed E-state index contributed by atoms with van der Waals surface area (Å²) >= 11 is 2.53. The molecule has 1 aliphatic carbocycles. The molecule has 0 atom stereocenters. The molecule has 1 fully saturated rings. The van der Waals surface area contributed by atoms with Crippen molar-refractivity contribution in [3.63, 3.8) is 0 Å². The lowest BCUT2D eigenvalue weighted by molar-refractivity contribution is 0.145. The Balaban J connectivity index is 1.57. The van der Waals surface area contributed by atoms with Gasteiger partial charge in [0.15, 0.2) is 11.5 Å². The maximum absolute atomic E-state index is 5.52. The van der Waals surface area contributed by atoms with Crippen LogP contribution < -0.4 is 9.75 Å². The third-order valence-corrected chi connectivity index (χ3v) is 7.29. The third kappa shape index (κ3) is 3.04. The molecule has 1 aliphatic heterocycles. The minimum atomic E-state index is 0.534. The number of halogens is 1. The van der Waals surface area contributed by atoms with E-state index in [1.807, 2.05) is 29.0 Å². The molecular weight excluding hydrogens is 465 g/mol. The molecule has 3 aromatic rings. The van der Waals surface area contributed by atoms with Crippen LogP contribution in [0.15, 0.2) is 42.7 Å². The van der Waals surface area contributed by atoms with Gasteiger partial charge >= 0.3 is 0 Å². The number of hydrazine groups is 1. The molecule has 0 bridgehead atoms. The summed E-state index contributed by atoms with van der Waals surface area (Å²) in [5, 5.41) is 9.40. The lowest BCUT2D eigenvalue weighted by Gasteiger charge is -2.39. The summed E-state index contributed by atoms with van der Waals surface area (Å²) in [5.74, 6) is 2.73. The predicted octanol–water partition coefficient (Wildman–Crippen LogP) is 4.60. The standard InChI is InChI=1S/C21H24IN5O/c1-28-18-9-6-16-14-25(17-7-4-15(12-22)5-8-17)27(19(16)11-18)21-13-23-20-3-2-10-24-26(20)21/h2-3,6,9-11,13,15,17H,4-5,7-8,12,14H2,1H3. The zero-order valence-corrected chi connectivity index (χ0v) is 18.1. The maximum Gasteiger partial charge on any atom is 0.170 e. The molecule has 3 heterocycles. The second-order valence-corrected chi connectivity index (χ2v) is 8.52. The number of ether oxygens (including phenoxy) is 1. The van der Waals surface area contributed by atoms with Gasteiger partial charge in [0.05, 0.1) is 19.0 Å². The minimum Gasteiger partial charge on any atom is -0.497 e. The van der Waals surface area contributed by atoms with Gasteiger partial charge in [0.2, 0.25) is 0 Å². The van der Waals surface area contributed by atoms with Crippen molar-refractivity contribution in [1.29, 1.82) is 0 Å². The topological polar surface area (TPSA) is 45.9 Å². The average molecular weight is 489 g/mol. The Kier molecular flexibility index (Phi) is 4.88. The molecule has 6 nitrogen and oxygen atoms in total. The molecule has 1 aromatic carbocycles. The van der Waals surface area contributed by atoms with Crippen LogP contribution >= 0.6 is 22.6 Å². The Bertz CT molecular complexity index is 982. The maximum atomic E-state index is 5.52. The first-order valence-electron chi connectivity index (χ1n) is 9.87. The minimum absolute atomic E-state index is 0.534. The highest BCUT2D eigenvalue weighted by molar-refractivity contribution is 14.1. The number of methoxy groups -OCH3 is 1. The van der Waals surface area contributed by atoms with E-state index in [-0.39, 0.29) is 0 Å². The third-order valence-electron chi connectivity index (χ3n) is 6.04. The second-order valence-electron chi connectivity index (χ2n) is 7.64. The van der Waals surface area contributed by atoms with Gasteiger partial charge in [-0.05, 0) is 55.4 Å². The SMILES string of the molecule is COc1ccc2c(c1)N(c1cnc3cccnn13)N(C1CCC(CI)CC1)C2. The second kappa shape index (κ2) is 7.51. The van der Waals surface area contributed by atoms with Crippen LogP contribution in [0.5, 0.6) is 5.75 Å². The molecule has 0 spiro atoms. The van der Waals surface area contributed by atoms with E-state index in [1.54, 1.807) is 7.11 Å². The van der Waals surface area contributed by atoms with Gasteiger partial charge in [0.25, 0.3) is 0 Å². The van der Waals surface area contributed by atoms with E-state index in [4.69, 9.17) is 4.74 Å². The van der Waals surface area contributed by atoms with Crippen molar-refractivity contribution < 1.29 is 4.74 Å². The monoisotopic (exact) mass is 489 g/mol. The summed E-state index contributed by atoms with van der Waals surface area (Å²) in [7, 11) is 1.72. The van der Waals surface area contributed by atoms with Gasteiger partial charge in [-0.1, -0.05) is 28.7 Å². The molecule has 2 aliphatic rings. The highest BCUT2D eigenvalue weighted by atomic mass is 127. The Hall–Kier alpha value is -1.87. The molecule has 0 N–H and O–H groups in total. The molecule has 0 radical (unpaired) electrons. The number of hydrogen-bond acceptors (Lipinski definition) is 5. The van der Waals surface area contributed by atoms with E-state index in [1.165, 1.54) is 41.4 Å². The van der Waals surface area contributed by atoms with Crippen molar-refractivity contribution in [3.8, 4) is 5.75 Å². The number of hydrogen-bond donors (Lipinski definition) is 0. The largest absolute Gasteiger partial charge is 0.497 e. The van der Waals surface area contributed by atoms with E-state index in [0.717, 1.165) is 29.7 Å². The van der Waals surface area contributed by atoms with Crippen LogP contribution in [-0.2, 0) is 6.54 Å². The van der Waals surface area contributed by atoms with E-state index in [2.05, 4.69) is 60.9 Å². The molecule has 7 heteroatoms. The van der Waals surface area contributed by atoms with Gasteiger partial charge in [-0.25, -0.2) is 9.99 Å². The van der Waals surface area contributed by atoms with Crippen molar-refractivity contribution >= 4 is 39.7 Å². The molecule has 5 rings (SSSR count). The number of nitrogens with zero attached hydrogens (tertiary/aromatic N) is 5. The Morgan fingerprint density at radius 3 is 2.82 bits per heavy atom. The van der Waals surface area contributed by atoms with Crippen molar-refractivity contribution in [2.24, 2.45) is 5.92 Å². The smallest absolute Gasteiger partial charge is 0.170 e. The quantitative estimate of drug-likeness (QED) is 0.396. The fourth-order valence-electron chi connectivity index (χ4n) is 4.49. The number of benzene rings is 1. The summed E-state index contributed by atoms with van der Waals surface area (Å²) in [5.41, 5.74) is 3.35. The fraction of sp³-hybridized carbons (Fsp3) is 0.429. The van der Waals surface area contributed by atoms with Crippen LogP contribution in [0, 0.1) is 5.92 Å². The van der Waals surface area contributed by atoms with Gasteiger partial charge in [-0.2, -0.15) is 9.61 Å². The number of anilines is 2. The number of fused-ring (bicyclic) bond motifs is 2. The molecule has 2 aromatic heterocycles. The Morgan fingerprint density at radius 2 is 2.04 bits per heavy atom. The average Bonchev–Trinajstić information content (AvgIpc) is 3.34. The molecular formula is C21H24IN5O. The predicted molar refractivity (Wildman–Crippen MR) is 118 cm³/mol. The van der Waals surface area contributed by atoms with Gasteiger partial charge < -0.3 is 4.74 Å². The molecule has 0 amide bonds. The van der Waals surface area contributed by atoms with Crippen LogP contribution in [-0.4, -0.2) is 37.2 Å². The lowest BCUT2D eigenvalue weighted by atomic mass is 9.87. The van der Waals surface area contributed by atoms with Gasteiger partial charge in [0.1, 0.15) is 5.75 Å². The summed E-state index contributed by atoms with van der Waals surface area (Å²) in [6.45, 7) is 0.916. The van der Waals surface area contributed by atoms with Gasteiger partial charge in [0, 0.05) is 29.3 Å². The summed E-state index contributed by atoms with van der Waals surface area (Å²) in [6, 6.07) is 10.8. The molecule has 146 valence electrons. The molecule has 1 saturated carbocycles. The van der Waals surface area contributed by atoms with Crippen LogP contribution in [0.2, 0.25) is 0 Å². The van der Waals surface area contributed by atoms with Crippen LogP contribution in [0.1, 0.15) is 31.2 Å². The van der Waals surface area contributed by atoms with Crippen molar-refractivity contribution in [3.05, 3.63) is 48.3 Å². The first-order chi connectivity index (χ1) is 13.8. The van der Waals surface area contributed by atoms with Crippen molar-refractivity contribution in [2.45, 2.75) is 38.3 Å². The van der Waals surface area contributed by atoms with Crippen LogP contribution in [0.4, 0.5) is 11.5 Å². The highest BCUT2D eigenvalue weighted by Gasteiger charge is 2.37. The first-order valence-corrected chi connectivity index (χ1v) is 11.4. The van der Waals surface area contributed by atoms with Crippen molar-refractivity contribution in [1.82, 2.24) is 19.6 Å². The van der Waals surface area contributed by atoms with Gasteiger partial charge in [-0.3, -0.25) is 5.01 Å². The number of imidazole rings is 1. The summed E-state index contributed by atoms with van der Waals surface area (Å²) < 4.78 is 8.71. The van der Waals surface area contributed by atoms with E-state index >= 15 is 0 Å². The fourth-order valence-corrected chi connectivity index (χ4v) is 5.37. The first kappa shape index (κ1) is 18.2. The number of rotatable bonds is 4. The van der Waals surface area contributed by atoms with E-state index in [9.17, 15) is 0 Å². The molecule has 28 heavy (non-hydrogen) atoms. The molecule has 0 unspecified atom stereocenters. The number of aromatic nitrogens is 3. The molecule has 0 saturated heterocycles.